The fourth-order valence-corrected chi connectivity index (χ4v) is 3.18. The van der Waals surface area contributed by atoms with Gasteiger partial charge in [-0.25, -0.2) is 9.69 Å². The monoisotopic (exact) mass is 368 g/mol. The van der Waals surface area contributed by atoms with Crippen LogP contribution >= 0.6 is 11.8 Å². The molecule has 134 valence electrons. The minimum atomic E-state index is -0.621. The maximum atomic E-state index is 12.1. The molecular weight excluding hydrogens is 348 g/mol. The van der Waals surface area contributed by atoms with Gasteiger partial charge in [0.2, 0.25) is 0 Å². The summed E-state index contributed by atoms with van der Waals surface area (Å²) in [6, 6.07) is 12.5. The Labute approximate surface area is 156 Å². The van der Waals surface area contributed by atoms with Crippen molar-refractivity contribution in [2.75, 3.05) is 4.90 Å². The van der Waals surface area contributed by atoms with Crippen molar-refractivity contribution in [3.05, 3.63) is 60.6 Å². The smallest absolute Gasteiger partial charge is 0.325 e. The van der Waals surface area contributed by atoms with Crippen LogP contribution in [0.5, 0.6) is 0 Å². The molecular formula is C19H20N4O2S. The Bertz CT molecular complexity index is 903. The van der Waals surface area contributed by atoms with E-state index in [1.54, 1.807) is 30.2 Å². The molecule has 0 radical (unpaired) electrons. The fraction of sp³-hybridized carbons (Fsp3) is 0.211. The van der Waals surface area contributed by atoms with Gasteiger partial charge in [0.25, 0.3) is 0 Å². The Kier molecular flexibility index (Phi) is 4.99. The molecule has 2 heterocycles. The van der Waals surface area contributed by atoms with E-state index in [9.17, 15) is 4.79 Å². The predicted molar refractivity (Wildman–Crippen MR) is 102 cm³/mol. The zero-order valence-electron chi connectivity index (χ0n) is 14.8. The second kappa shape index (κ2) is 7.21. The maximum absolute atomic E-state index is 12.1. The van der Waals surface area contributed by atoms with E-state index in [0.29, 0.717) is 17.3 Å². The average Bonchev–Trinajstić information content (AvgIpc) is 3.06. The highest BCUT2D eigenvalue weighted by Crippen LogP contribution is 2.33. The van der Waals surface area contributed by atoms with Crippen molar-refractivity contribution < 1.29 is 9.32 Å². The van der Waals surface area contributed by atoms with Crippen molar-refractivity contribution >= 4 is 29.3 Å². The van der Waals surface area contributed by atoms with E-state index in [0.717, 1.165) is 9.79 Å². The summed E-state index contributed by atoms with van der Waals surface area (Å²) in [5.74, 6) is 1.05. The number of carbonyl (C=O) groups is 1. The van der Waals surface area contributed by atoms with E-state index in [4.69, 9.17) is 10.3 Å². The van der Waals surface area contributed by atoms with Crippen molar-refractivity contribution in [3.63, 3.8) is 0 Å². The molecule has 0 aliphatic heterocycles. The number of aromatic nitrogens is 2. The number of rotatable bonds is 4. The van der Waals surface area contributed by atoms with Crippen LogP contribution in [-0.4, -0.2) is 16.2 Å². The van der Waals surface area contributed by atoms with Gasteiger partial charge in [0.15, 0.2) is 5.82 Å². The number of anilines is 2. The second-order valence-corrected chi connectivity index (χ2v) is 7.90. The van der Waals surface area contributed by atoms with Crippen LogP contribution in [0.3, 0.4) is 0 Å². The lowest BCUT2D eigenvalue weighted by molar-refractivity contribution is 0.255. The predicted octanol–water partition coefficient (Wildman–Crippen LogP) is 4.74. The SMILES string of the molecule is CC(C)(C)c1cc(N(C(N)=O)c2cccc(Sc3ccncc3)c2)no1. The number of pyridine rings is 1. The third-order valence-electron chi connectivity index (χ3n) is 3.65. The normalized spacial score (nSPS) is 11.3. The molecule has 0 saturated heterocycles. The van der Waals surface area contributed by atoms with Crippen LogP contribution in [-0.2, 0) is 5.41 Å². The zero-order valence-corrected chi connectivity index (χ0v) is 15.7. The summed E-state index contributed by atoms with van der Waals surface area (Å²) in [5.41, 5.74) is 6.03. The molecule has 1 aromatic carbocycles. The number of hydrogen-bond acceptors (Lipinski definition) is 5. The van der Waals surface area contributed by atoms with Gasteiger partial charge in [0, 0.05) is 33.7 Å². The molecule has 2 amide bonds. The molecule has 3 rings (SSSR count). The maximum Gasteiger partial charge on any atom is 0.325 e. The Balaban J connectivity index is 1.92. The van der Waals surface area contributed by atoms with Crippen LogP contribution in [0.1, 0.15) is 26.5 Å². The van der Waals surface area contributed by atoms with Gasteiger partial charge >= 0.3 is 6.03 Å². The summed E-state index contributed by atoms with van der Waals surface area (Å²) in [7, 11) is 0. The fourth-order valence-electron chi connectivity index (χ4n) is 2.33. The topological polar surface area (TPSA) is 85.2 Å². The third kappa shape index (κ3) is 4.05. The van der Waals surface area contributed by atoms with E-state index in [1.165, 1.54) is 4.90 Å². The average molecular weight is 368 g/mol. The van der Waals surface area contributed by atoms with Gasteiger partial charge in [0.05, 0.1) is 5.69 Å². The summed E-state index contributed by atoms with van der Waals surface area (Å²) in [5, 5.41) is 4.03. The molecule has 0 fully saturated rings. The van der Waals surface area contributed by atoms with E-state index < -0.39 is 6.03 Å². The van der Waals surface area contributed by atoms with Crippen molar-refractivity contribution in [1.29, 1.82) is 0 Å². The van der Waals surface area contributed by atoms with Crippen molar-refractivity contribution in [3.8, 4) is 0 Å². The molecule has 0 atom stereocenters. The van der Waals surface area contributed by atoms with E-state index >= 15 is 0 Å². The summed E-state index contributed by atoms with van der Waals surface area (Å²) in [4.78, 5) is 19.5. The van der Waals surface area contributed by atoms with Gasteiger partial charge < -0.3 is 10.3 Å². The summed E-state index contributed by atoms with van der Waals surface area (Å²) in [6.45, 7) is 6.04. The summed E-state index contributed by atoms with van der Waals surface area (Å²) in [6.07, 6.45) is 3.48. The van der Waals surface area contributed by atoms with Gasteiger partial charge in [-0.05, 0) is 30.3 Å². The van der Waals surface area contributed by atoms with Crippen LogP contribution < -0.4 is 10.6 Å². The van der Waals surface area contributed by atoms with Crippen molar-refractivity contribution in [2.24, 2.45) is 5.73 Å². The number of urea groups is 1. The molecule has 7 heteroatoms. The third-order valence-corrected chi connectivity index (χ3v) is 4.65. The van der Waals surface area contributed by atoms with Crippen molar-refractivity contribution in [1.82, 2.24) is 10.1 Å². The first-order valence-electron chi connectivity index (χ1n) is 8.09. The van der Waals surface area contributed by atoms with E-state index in [1.807, 2.05) is 57.2 Å². The van der Waals surface area contributed by atoms with Crippen LogP contribution in [0.2, 0.25) is 0 Å². The number of nitrogens with zero attached hydrogens (tertiary/aromatic N) is 3. The van der Waals surface area contributed by atoms with Crippen LogP contribution in [0.4, 0.5) is 16.3 Å². The molecule has 2 aromatic heterocycles. The van der Waals surface area contributed by atoms with Gasteiger partial charge in [-0.2, -0.15) is 0 Å². The van der Waals surface area contributed by atoms with Crippen LogP contribution in [0.25, 0.3) is 0 Å². The highest BCUT2D eigenvalue weighted by Gasteiger charge is 2.25. The quantitative estimate of drug-likeness (QED) is 0.719. The number of hydrogen-bond donors (Lipinski definition) is 1. The minimum absolute atomic E-state index is 0.215. The van der Waals surface area contributed by atoms with Gasteiger partial charge in [-0.1, -0.05) is 43.8 Å². The number of benzene rings is 1. The summed E-state index contributed by atoms with van der Waals surface area (Å²) < 4.78 is 5.40. The molecule has 3 aromatic rings. The highest BCUT2D eigenvalue weighted by molar-refractivity contribution is 7.99. The first-order chi connectivity index (χ1) is 12.3. The van der Waals surface area contributed by atoms with Crippen LogP contribution in [0.15, 0.2) is 69.2 Å². The molecule has 26 heavy (non-hydrogen) atoms. The number of nitrogens with two attached hydrogens (primary N) is 1. The van der Waals surface area contributed by atoms with Gasteiger partial charge in [0.1, 0.15) is 5.76 Å². The Hall–Kier alpha value is -2.80. The number of amides is 2. The second-order valence-electron chi connectivity index (χ2n) is 6.76. The Morgan fingerprint density at radius 2 is 1.85 bits per heavy atom. The lowest BCUT2D eigenvalue weighted by Crippen LogP contribution is -2.31. The summed E-state index contributed by atoms with van der Waals surface area (Å²) >= 11 is 1.57. The first-order valence-corrected chi connectivity index (χ1v) is 8.91. The highest BCUT2D eigenvalue weighted by atomic mass is 32.2. The van der Waals surface area contributed by atoms with Crippen molar-refractivity contribution in [2.45, 2.75) is 36.0 Å². The van der Waals surface area contributed by atoms with Crippen LogP contribution in [0, 0.1) is 0 Å². The standard InChI is InChI=1S/C19H20N4O2S/c1-19(2,3)16-12-17(22-25-16)23(18(20)24)13-5-4-6-15(11-13)26-14-7-9-21-10-8-14/h4-12H,1-3H3,(H2,20,24). The minimum Gasteiger partial charge on any atom is -0.359 e. The molecule has 0 spiro atoms. The Morgan fingerprint density at radius 1 is 1.12 bits per heavy atom. The van der Waals surface area contributed by atoms with E-state index in [-0.39, 0.29) is 5.41 Å². The molecule has 0 unspecified atom stereocenters. The lowest BCUT2D eigenvalue weighted by atomic mass is 9.93. The van der Waals surface area contributed by atoms with Gasteiger partial charge in [-0.3, -0.25) is 4.98 Å². The molecule has 0 aliphatic rings. The lowest BCUT2D eigenvalue weighted by Gasteiger charge is -2.18. The molecule has 2 N–H and O–H groups in total. The number of carbonyl (C=O) groups excluding carboxylic acids is 1. The molecule has 0 aliphatic carbocycles. The Morgan fingerprint density at radius 3 is 2.46 bits per heavy atom. The zero-order chi connectivity index (χ0) is 18.7. The largest absolute Gasteiger partial charge is 0.359 e. The van der Waals surface area contributed by atoms with Gasteiger partial charge in [-0.15, -0.1) is 0 Å². The first kappa shape index (κ1) is 18.0. The molecule has 0 saturated carbocycles. The molecule has 0 bridgehead atoms. The number of primary amides is 1. The molecule has 6 nitrogen and oxygen atoms in total. The van der Waals surface area contributed by atoms with E-state index in [2.05, 4.69) is 10.1 Å².